The van der Waals surface area contributed by atoms with Gasteiger partial charge in [-0.1, -0.05) is 0 Å². The van der Waals surface area contributed by atoms with E-state index in [1.165, 1.54) is 0 Å². The third kappa shape index (κ3) is 3.02. The Morgan fingerprint density at radius 2 is 2.40 bits per heavy atom. The van der Waals surface area contributed by atoms with Crippen LogP contribution in [0, 0.1) is 0 Å². The number of nitrogens with zero attached hydrogens (tertiary/aromatic N) is 1. The highest BCUT2D eigenvalue weighted by Crippen LogP contribution is 2.18. The van der Waals surface area contributed by atoms with Crippen LogP contribution in [0.4, 0.5) is 0 Å². The molecule has 2 rings (SSSR count). The molecule has 1 aliphatic carbocycles. The molecular formula is C11H14N2O2. The zero-order chi connectivity index (χ0) is 10.7. The molecule has 0 saturated heterocycles. The van der Waals surface area contributed by atoms with Gasteiger partial charge in [0.1, 0.15) is 0 Å². The lowest BCUT2D eigenvalue weighted by Crippen LogP contribution is -2.27. The Morgan fingerprint density at radius 1 is 1.60 bits per heavy atom. The molecule has 0 atom stereocenters. The Morgan fingerprint density at radius 3 is 3.07 bits per heavy atom. The summed E-state index contributed by atoms with van der Waals surface area (Å²) < 4.78 is 0. The lowest BCUT2D eigenvalue weighted by atomic mass is 10.2. The fourth-order valence-electron chi connectivity index (χ4n) is 1.39. The number of pyridine rings is 1. The largest absolute Gasteiger partial charge is 0.392 e. The number of amides is 1. The van der Waals surface area contributed by atoms with Crippen LogP contribution in [0.3, 0.4) is 0 Å². The van der Waals surface area contributed by atoms with Gasteiger partial charge in [0.25, 0.3) is 0 Å². The molecule has 0 bridgehead atoms. The van der Waals surface area contributed by atoms with Crippen LogP contribution in [-0.2, 0) is 17.8 Å². The van der Waals surface area contributed by atoms with Crippen molar-refractivity contribution in [3.8, 4) is 0 Å². The van der Waals surface area contributed by atoms with E-state index in [2.05, 4.69) is 10.3 Å². The van der Waals surface area contributed by atoms with Crippen molar-refractivity contribution in [1.82, 2.24) is 10.3 Å². The Labute approximate surface area is 88.3 Å². The van der Waals surface area contributed by atoms with Crippen LogP contribution < -0.4 is 5.32 Å². The van der Waals surface area contributed by atoms with Crippen LogP contribution in [-0.4, -0.2) is 22.0 Å². The average Bonchev–Trinajstić information content (AvgIpc) is 3.02. The first-order chi connectivity index (χ1) is 7.28. The van der Waals surface area contributed by atoms with E-state index in [-0.39, 0.29) is 12.5 Å². The molecule has 4 heteroatoms. The van der Waals surface area contributed by atoms with E-state index in [1.54, 1.807) is 18.3 Å². The summed E-state index contributed by atoms with van der Waals surface area (Å²) in [5.41, 5.74) is 1.50. The number of carbonyl (C=O) groups is 1. The summed E-state index contributed by atoms with van der Waals surface area (Å²) >= 11 is 0. The molecule has 1 amide bonds. The molecule has 0 aromatic carbocycles. The maximum absolute atomic E-state index is 11.4. The minimum absolute atomic E-state index is 0.0140. The smallest absolute Gasteiger partial charge is 0.226 e. The van der Waals surface area contributed by atoms with Crippen LogP contribution in [0.2, 0.25) is 0 Å². The van der Waals surface area contributed by atoms with Gasteiger partial charge in [-0.15, -0.1) is 0 Å². The van der Waals surface area contributed by atoms with Crippen LogP contribution >= 0.6 is 0 Å². The SMILES string of the molecule is O=C(Cc1cc(CO)ccn1)NC1CC1. The second-order valence-corrected chi connectivity index (χ2v) is 3.83. The van der Waals surface area contributed by atoms with E-state index in [1.807, 2.05) is 0 Å². The normalized spacial score (nSPS) is 15.0. The van der Waals surface area contributed by atoms with E-state index in [4.69, 9.17) is 5.11 Å². The molecule has 80 valence electrons. The van der Waals surface area contributed by atoms with Gasteiger partial charge in [-0.05, 0) is 30.5 Å². The molecule has 0 unspecified atom stereocenters. The third-order valence-electron chi connectivity index (χ3n) is 2.35. The topological polar surface area (TPSA) is 62.2 Å². The first kappa shape index (κ1) is 10.1. The van der Waals surface area contributed by atoms with Crippen LogP contribution in [0.25, 0.3) is 0 Å². The predicted octanol–water partition coefficient (Wildman–Crippen LogP) is 0.395. The third-order valence-corrected chi connectivity index (χ3v) is 2.35. The summed E-state index contributed by atoms with van der Waals surface area (Å²) in [6.07, 6.45) is 4.10. The van der Waals surface area contributed by atoms with Gasteiger partial charge in [0, 0.05) is 12.2 Å². The minimum atomic E-state index is -0.0141. The van der Waals surface area contributed by atoms with Gasteiger partial charge in [-0.3, -0.25) is 9.78 Å². The molecule has 1 aliphatic rings. The Kier molecular flexibility index (Phi) is 2.97. The summed E-state index contributed by atoms with van der Waals surface area (Å²) in [4.78, 5) is 15.5. The fraction of sp³-hybridized carbons (Fsp3) is 0.455. The molecule has 1 heterocycles. The molecule has 1 aromatic rings. The Hall–Kier alpha value is -1.42. The van der Waals surface area contributed by atoms with Gasteiger partial charge in [0.15, 0.2) is 0 Å². The number of carbonyl (C=O) groups excluding carboxylic acids is 1. The molecule has 1 fully saturated rings. The van der Waals surface area contributed by atoms with E-state index >= 15 is 0 Å². The van der Waals surface area contributed by atoms with Crippen molar-refractivity contribution >= 4 is 5.91 Å². The summed E-state index contributed by atoms with van der Waals surface area (Å²) in [5, 5.41) is 11.8. The van der Waals surface area contributed by atoms with E-state index in [9.17, 15) is 4.79 Å². The van der Waals surface area contributed by atoms with Crippen molar-refractivity contribution in [2.24, 2.45) is 0 Å². The highest BCUT2D eigenvalue weighted by atomic mass is 16.3. The van der Waals surface area contributed by atoms with Crippen molar-refractivity contribution in [3.05, 3.63) is 29.6 Å². The number of aliphatic hydroxyl groups excluding tert-OH is 1. The first-order valence-electron chi connectivity index (χ1n) is 5.12. The summed E-state index contributed by atoms with van der Waals surface area (Å²) in [5.74, 6) is 0.0140. The summed E-state index contributed by atoms with van der Waals surface area (Å²) in [6, 6.07) is 3.88. The van der Waals surface area contributed by atoms with E-state index < -0.39 is 0 Å². The highest BCUT2D eigenvalue weighted by molar-refractivity contribution is 5.78. The molecule has 4 nitrogen and oxygen atoms in total. The standard InChI is InChI=1S/C11H14N2O2/c14-7-8-3-4-12-10(5-8)6-11(15)13-9-1-2-9/h3-5,9,14H,1-2,6-7H2,(H,13,15). The first-order valence-corrected chi connectivity index (χ1v) is 5.12. The van der Waals surface area contributed by atoms with E-state index in [0.717, 1.165) is 18.4 Å². The average molecular weight is 206 g/mol. The molecule has 0 radical (unpaired) electrons. The lowest BCUT2D eigenvalue weighted by Gasteiger charge is -2.03. The van der Waals surface area contributed by atoms with Crippen molar-refractivity contribution in [2.45, 2.75) is 31.9 Å². The van der Waals surface area contributed by atoms with Crippen LogP contribution in [0.15, 0.2) is 18.3 Å². The quantitative estimate of drug-likeness (QED) is 0.749. The molecule has 0 aliphatic heterocycles. The zero-order valence-corrected chi connectivity index (χ0v) is 8.44. The summed E-state index contributed by atoms with van der Waals surface area (Å²) in [7, 11) is 0. The van der Waals surface area contributed by atoms with Crippen LogP contribution in [0.5, 0.6) is 0 Å². The summed E-state index contributed by atoms with van der Waals surface area (Å²) in [6.45, 7) is -0.0141. The maximum atomic E-state index is 11.4. The maximum Gasteiger partial charge on any atom is 0.226 e. The molecule has 1 aromatic heterocycles. The highest BCUT2D eigenvalue weighted by Gasteiger charge is 2.23. The van der Waals surface area contributed by atoms with Crippen LogP contribution in [0.1, 0.15) is 24.1 Å². The van der Waals surface area contributed by atoms with Crippen molar-refractivity contribution in [1.29, 1.82) is 0 Å². The second-order valence-electron chi connectivity index (χ2n) is 3.83. The van der Waals surface area contributed by atoms with Crippen molar-refractivity contribution in [2.75, 3.05) is 0 Å². The van der Waals surface area contributed by atoms with Gasteiger partial charge >= 0.3 is 0 Å². The zero-order valence-electron chi connectivity index (χ0n) is 8.44. The number of hydrogen-bond donors (Lipinski definition) is 2. The Bertz CT molecular complexity index is 361. The van der Waals surface area contributed by atoms with E-state index in [0.29, 0.717) is 18.2 Å². The molecule has 1 saturated carbocycles. The minimum Gasteiger partial charge on any atom is -0.392 e. The van der Waals surface area contributed by atoms with Gasteiger partial charge in [0.2, 0.25) is 5.91 Å². The fourth-order valence-corrected chi connectivity index (χ4v) is 1.39. The second kappa shape index (κ2) is 4.40. The van der Waals surface area contributed by atoms with Gasteiger partial charge in [-0.2, -0.15) is 0 Å². The number of rotatable bonds is 4. The lowest BCUT2D eigenvalue weighted by molar-refractivity contribution is -0.120. The molecular weight excluding hydrogens is 192 g/mol. The van der Waals surface area contributed by atoms with Gasteiger partial charge in [-0.25, -0.2) is 0 Å². The number of hydrogen-bond acceptors (Lipinski definition) is 3. The van der Waals surface area contributed by atoms with Gasteiger partial charge < -0.3 is 10.4 Å². The van der Waals surface area contributed by atoms with Crippen molar-refractivity contribution in [3.63, 3.8) is 0 Å². The Balaban J connectivity index is 1.93. The monoisotopic (exact) mass is 206 g/mol. The van der Waals surface area contributed by atoms with Crippen molar-refractivity contribution < 1.29 is 9.90 Å². The molecule has 15 heavy (non-hydrogen) atoms. The molecule has 0 spiro atoms. The number of nitrogens with one attached hydrogen (secondary N) is 1. The number of aromatic nitrogens is 1. The number of aliphatic hydroxyl groups is 1. The van der Waals surface area contributed by atoms with Gasteiger partial charge in [0.05, 0.1) is 18.7 Å². The molecule has 2 N–H and O–H groups in total. The predicted molar refractivity (Wildman–Crippen MR) is 55.0 cm³/mol.